The Morgan fingerprint density at radius 3 is 2.95 bits per heavy atom. The van der Waals surface area contributed by atoms with Crippen molar-refractivity contribution in [1.29, 1.82) is 0 Å². The van der Waals surface area contributed by atoms with E-state index in [1.54, 1.807) is 0 Å². The van der Waals surface area contributed by atoms with E-state index in [1.807, 2.05) is 24.3 Å². The van der Waals surface area contributed by atoms with Crippen LogP contribution in [0.15, 0.2) is 33.3 Å². The average molecular weight is 347 g/mol. The Hall–Kier alpha value is -0.950. The number of nitrogens with zero attached hydrogens (tertiary/aromatic N) is 2. The minimum absolute atomic E-state index is 0. The molecule has 2 atom stereocenters. The molecule has 0 radical (unpaired) electrons. The van der Waals surface area contributed by atoms with Crippen molar-refractivity contribution in [2.24, 2.45) is 0 Å². The van der Waals surface area contributed by atoms with Gasteiger partial charge in [0.05, 0.1) is 12.1 Å². The predicted molar refractivity (Wildman–Crippen MR) is 76.0 cm³/mol. The van der Waals surface area contributed by atoms with Gasteiger partial charge in [-0.15, -0.1) is 12.4 Å². The normalized spacial score (nSPS) is 22.2. The second kappa shape index (κ2) is 6.00. The van der Waals surface area contributed by atoms with Gasteiger partial charge < -0.3 is 14.9 Å². The second-order valence-electron chi connectivity index (χ2n) is 4.32. The summed E-state index contributed by atoms with van der Waals surface area (Å²) in [6.45, 7) is 0.569. The Morgan fingerprint density at radius 2 is 2.26 bits per heavy atom. The van der Waals surface area contributed by atoms with Crippen molar-refractivity contribution in [2.45, 2.75) is 18.6 Å². The van der Waals surface area contributed by atoms with Gasteiger partial charge in [-0.1, -0.05) is 33.2 Å². The Labute approximate surface area is 124 Å². The molecule has 5 nitrogen and oxygen atoms in total. The Bertz CT molecular complexity index is 563. The van der Waals surface area contributed by atoms with Crippen molar-refractivity contribution >= 4 is 28.3 Å². The molecule has 102 valence electrons. The highest BCUT2D eigenvalue weighted by Gasteiger charge is 2.28. The lowest BCUT2D eigenvalue weighted by Gasteiger charge is -2.01. The van der Waals surface area contributed by atoms with Crippen LogP contribution in [0.2, 0.25) is 0 Å². The fraction of sp³-hybridized carbons (Fsp3) is 0.333. The molecular formula is C12H13BrClN3O2. The molecule has 19 heavy (non-hydrogen) atoms. The van der Waals surface area contributed by atoms with E-state index in [9.17, 15) is 5.11 Å². The first kappa shape index (κ1) is 14.5. The lowest BCUT2D eigenvalue weighted by atomic mass is 10.2. The summed E-state index contributed by atoms with van der Waals surface area (Å²) < 4.78 is 6.21. The molecule has 7 heteroatoms. The van der Waals surface area contributed by atoms with Crippen molar-refractivity contribution in [3.63, 3.8) is 0 Å². The maximum Gasteiger partial charge on any atom is 0.244 e. The molecular weight excluding hydrogens is 334 g/mol. The van der Waals surface area contributed by atoms with Crippen molar-refractivity contribution in [2.75, 3.05) is 6.54 Å². The van der Waals surface area contributed by atoms with Crippen molar-refractivity contribution in [3.8, 4) is 11.4 Å². The SMILES string of the molecule is Cl.O[C@@H]1CN[C@@H](c2nc(-c3cccc(Br)c3)no2)C1. The van der Waals surface area contributed by atoms with Crippen molar-refractivity contribution in [3.05, 3.63) is 34.6 Å². The molecule has 1 aliphatic heterocycles. The number of aliphatic hydroxyl groups excluding tert-OH is 1. The van der Waals surface area contributed by atoms with Gasteiger partial charge >= 0.3 is 0 Å². The zero-order valence-corrected chi connectivity index (χ0v) is 12.3. The van der Waals surface area contributed by atoms with Crippen molar-refractivity contribution in [1.82, 2.24) is 15.5 Å². The molecule has 0 unspecified atom stereocenters. The third-order valence-electron chi connectivity index (χ3n) is 2.93. The Morgan fingerprint density at radius 1 is 1.42 bits per heavy atom. The highest BCUT2D eigenvalue weighted by molar-refractivity contribution is 9.10. The maximum atomic E-state index is 9.46. The molecule has 2 N–H and O–H groups in total. The van der Waals surface area contributed by atoms with Gasteiger partial charge in [0.25, 0.3) is 0 Å². The van der Waals surface area contributed by atoms with Gasteiger partial charge in [-0.25, -0.2) is 0 Å². The van der Waals surface area contributed by atoms with E-state index >= 15 is 0 Å². The second-order valence-corrected chi connectivity index (χ2v) is 5.23. The lowest BCUT2D eigenvalue weighted by molar-refractivity contribution is 0.191. The number of halogens is 2. The van der Waals surface area contributed by atoms with Gasteiger partial charge in [-0.2, -0.15) is 4.98 Å². The van der Waals surface area contributed by atoms with Gasteiger partial charge in [0.15, 0.2) is 0 Å². The van der Waals surface area contributed by atoms with Crippen LogP contribution in [0.3, 0.4) is 0 Å². The number of hydrogen-bond acceptors (Lipinski definition) is 5. The number of benzene rings is 1. The zero-order valence-electron chi connectivity index (χ0n) is 9.91. The van der Waals surface area contributed by atoms with Crippen LogP contribution in [-0.2, 0) is 0 Å². The van der Waals surface area contributed by atoms with E-state index in [2.05, 4.69) is 31.4 Å². The summed E-state index contributed by atoms with van der Waals surface area (Å²) in [6.07, 6.45) is 0.274. The van der Waals surface area contributed by atoms with Crippen LogP contribution < -0.4 is 5.32 Å². The minimum Gasteiger partial charge on any atom is -0.392 e. The smallest absolute Gasteiger partial charge is 0.244 e. The molecule has 2 aromatic rings. The summed E-state index contributed by atoms with van der Waals surface area (Å²) in [5, 5.41) is 16.6. The summed E-state index contributed by atoms with van der Waals surface area (Å²) in [7, 11) is 0. The molecule has 1 aromatic heterocycles. The number of hydrogen-bond donors (Lipinski definition) is 2. The van der Waals surface area contributed by atoms with E-state index in [0.29, 0.717) is 24.7 Å². The van der Waals surface area contributed by atoms with E-state index < -0.39 is 0 Å². The maximum absolute atomic E-state index is 9.46. The zero-order chi connectivity index (χ0) is 12.5. The molecule has 1 aromatic carbocycles. The van der Waals surface area contributed by atoms with Gasteiger partial charge in [0, 0.05) is 16.6 Å². The fourth-order valence-electron chi connectivity index (χ4n) is 2.03. The number of aromatic nitrogens is 2. The molecule has 1 saturated heterocycles. The standard InChI is InChI=1S/C12H12BrN3O2.ClH/c13-8-3-1-2-7(4-8)11-15-12(18-16-11)10-5-9(17)6-14-10;/h1-4,9-10,14,17H,5-6H2;1H/t9-,10+;/m0./s1. The van der Waals surface area contributed by atoms with Crippen LogP contribution in [-0.4, -0.2) is 27.9 Å². The van der Waals surface area contributed by atoms with Gasteiger partial charge in [0.1, 0.15) is 0 Å². The molecule has 0 bridgehead atoms. The van der Waals surface area contributed by atoms with E-state index in [1.165, 1.54) is 0 Å². The first-order valence-electron chi connectivity index (χ1n) is 5.73. The van der Waals surface area contributed by atoms with Gasteiger partial charge in [0.2, 0.25) is 11.7 Å². The quantitative estimate of drug-likeness (QED) is 0.873. The van der Waals surface area contributed by atoms with Crippen LogP contribution in [0, 0.1) is 0 Å². The molecule has 0 aliphatic carbocycles. The molecule has 0 saturated carbocycles. The monoisotopic (exact) mass is 345 g/mol. The molecule has 1 aliphatic rings. The molecule has 2 heterocycles. The van der Waals surface area contributed by atoms with Crippen LogP contribution in [0.5, 0.6) is 0 Å². The predicted octanol–water partition coefficient (Wildman–Crippen LogP) is 2.32. The summed E-state index contributed by atoms with van der Waals surface area (Å²) >= 11 is 3.41. The number of aliphatic hydroxyl groups is 1. The molecule has 3 rings (SSSR count). The number of nitrogens with one attached hydrogen (secondary N) is 1. The highest BCUT2D eigenvalue weighted by atomic mass is 79.9. The summed E-state index contributed by atoms with van der Waals surface area (Å²) in [4.78, 5) is 4.37. The van der Waals surface area contributed by atoms with Crippen LogP contribution in [0.4, 0.5) is 0 Å². The lowest BCUT2D eigenvalue weighted by Crippen LogP contribution is -2.15. The molecule has 1 fully saturated rings. The highest BCUT2D eigenvalue weighted by Crippen LogP contribution is 2.25. The number of rotatable bonds is 2. The van der Waals surface area contributed by atoms with Crippen LogP contribution in [0.25, 0.3) is 11.4 Å². The van der Waals surface area contributed by atoms with E-state index in [0.717, 1.165) is 10.0 Å². The largest absolute Gasteiger partial charge is 0.392 e. The van der Waals surface area contributed by atoms with Crippen LogP contribution in [0.1, 0.15) is 18.4 Å². The van der Waals surface area contributed by atoms with E-state index in [-0.39, 0.29) is 24.6 Å². The molecule has 0 amide bonds. The van der Waals surface area contributed by atoms with Crippen LogP contribution >= 0.6 is 28.3 Å². The third-order valence-corrected chi connectivity index (χ3v) is 3.42. The summed E-state index contributed by atoms with van der Waals surface area (Å²) in [6, 6.07) is 7.68. The van der Waals surface area contributed by atoms with Gasteiger partial charge in [-0.3, -0.25) is 0 Å². The first-order valence-corrected chi connectivity index (χ1v) is 6.52. The van der Waals surface area contributed by atoms with Crippen molar-refractivity contribution < 1.29 is 9.63 Å². The minimum atomic E-state index is -0.337. The Balaban J connectivity index is 0.00000133. The number of β-amino-alcohol motifs (C(OH)–C–C–N with tert-alkyl or cyclic N) is 1. The topological polar surface area (TPSA) is 71.2 Å². The third kappa shape index (κ3) is 3.14. The van der Waals surface area contributed by atoms with Gasteiger partial charge in [-0.05, 0) is 18.6 Å². The Kier molecular flexibility index (Phi) is 4.57. The average Bonchev–Trinajstić information content (AvgIpc) is 2.97. The molecule has 0 spiro atoms. The summed E-state index contributed by atoms with van der Waals surface area (Å²) in [5.74, 6) is 1.09. The fourth-order valence-corrected chi connectivity index (χ4v) is 2.43. The summed E-state index contributed by atoms with van der Waals surface area (Å²) in [5.41, 5.74) is 0.901. The van der Waals surface area contributed by atoms with E-state index in [4.69, 9.17) is 4.52 Å². The first-order chi connectivity index (χ1) is 8.72.